The molecule has 1 rings (SSSR count). The Morgan fingerprint density at radius 1 is 1.42 bits per heavy atom. The molecule has 0 radical (unpaired) electrons. The summed E-state index contributed by atoms with van der Waals surface area (Å²) < 4.78 is 5.07. The van der Waals surface area contributed by atoms with Gasteiger partial charge in [0.25, 0.3) is 0 Å². The lowest BCUT2D eigenvalue weighted by Gasteiger charge is -1.97. The molecule has 0 saturated carbocycles. The number of ether oxygens (including phenoxy) is 1. The fraction of sp³-hybridized carbons (Fsp3) is 0.273. The molecule has 0 unspecified atom stereocenters. The number of methoxy groups -OCH3 is 1. The van der Waals surface area contributed by atoms with Crippen LogP contribution in [0.3, 0.4) is 0 Å². The minimum atomic E-state index is 0.859. The third-order valence-electron chi connectivity index (χ3n) is 1.48. The van der Waals surface area contributed by atoms with Crippen molar-refractivity contribution in [2.24, 2.45) is 0 Å². The summed E-state index contributed by atoms with van der Waals surface area (Å²) in [6, 6.07) is 7.77. The molecule has 0 aliphatic carbocycles. The second-order valence-corrected chi connectivity index (χ2v) is 2.39. The molecule has 0 bridgehead atoms. The number of rotatable bonds is 1. The van der Waals surface area contributed by atoms with Crippen molar-refractivity contribution in [3.63, 3.8) is 0 Å². The zero-order chi connectivity index (χ0) is 8.81. The number of hydrogen-bond acceptors (Lipinski definition) is 1. The SMILES string of the molecule is CCC#Cc1cccc(OC)c1. The zero-order valence-corrected chi connectivity index (χ0v) is 7.42. The summed E-state index contributed by atoms with van der Waals surface area (Å²) in [6.07, 6.45) is 0.886. The second kappa shape index (κ2) is 4.46. The van der Waals surface area contributed by atoms with Gasteiger partial charge in [0.05, 0.1) is 7.11 Å². The van der Waals surface area contributed by atoms with Crippen molar-refractivity contribution in [2.45, 2.75) is 13.3 Å². The minimum absolute atomic E-state index is 0.859. The van der Waals surface area contributed by atoms with Crippen LogP contribution >= 0.6 is 0 Å². The summed E-state index contributed by atoms with van der Waals surface area (Å²) in [5.41, 5.74) is 1.01. The fourth-order valence-corrected chi connectivity index (χ4v) is 0.891. The van der Waals surface area contributed by atoms with E-state index in [2.05, 4.69) is 11.8 Å². The Morgan fingerprint density at radius 2 is 2.25 bits per heavy atom. The summed E-state index contributed by atoms with van der Waals surface area (Å²) in [5.74, 6) is 6.91. The topological polar surface area (TPSA) is 9.23 Å². The van der Waals surface area contributed by atoms with Crippen LogP contribution in [0.4, 0.5) is 0 Å². The Hall–Kier alpha value is -1.42. The molecule has 0 fully saturated rings. The van der Waals surface area contributed by atoms with E-state index in [1.54, 1.807) is 7.11 Å². The molecular weight excluding hydrogens is 148 g/mol. The molecule has 1 aromatic carbocycles. The summed E-state index contributed by atoms with van der Waals surface area (Å²) >= 11 is 0. The monoisotopic (exact) mass is 160 g/mol. The van der Waals surface area contributed by atoms with Crippen LogP contribution in [-0.4, -0.2) is 7.11 Å². The molecule has 0 aromatic heterocycles. The van der Waals surface area contributed by atoms with Crippen LogP contribution in [0.15, 0.2) is 24.3 Å². The van der Waals surface area contributed by atoms with E-state index < -0.39 is 0 Å². The fourth-order valence-electron chi connectivity index (χ4n) is 0.891. The normalized spacial score (nSPS) is 8.50. The van der Waals surface area contributed by atoms with Crippen LogP contribution in [0.5, 0.6) is 5.75 Å². The van der Waals surface area contributed by atoms with E-state index >= 15 is 0 Å². The smallest absolute Gasteiger partial charge is 0.120 e. The molecule has 1 aromatic rings. The molecule has 0 aliphatic rings. The van der Waals surface area contributed by atoms with Crippen molar-refractivity contribution in [3.8, 4) is 17.6 Å². The molecule has 0 atom stereocenters. The highest BCUT2D eigenvalue weighted by Crippen LogP contribution is 2.11. The molecule has 12 heavy (non-hydrogen) atoms. The number of hydrogen-bond donors (Lipinski definition) is 0. The Labute approximate surface area is 73.4 Å². The Bertz CT molecular complexity index is 304. The summed E-state index contributed by atoms with van der Waals surface area (Å²) in [5, 5.41) is 0. The van der Waals surface area contributed by atoms with Gasteiger partial charge >= 0.3 is 0 Å². The van der Waals surface area contributed by atoms with Crippen molar-refractivity contribution < 1.29 is 4.74 Å². The Kier molecular flexibility index (Phi) is 3.22. The van der Waals surface area contributed by atoms with E-state index in [4.69, 9.17) is 4.74 Å². The Balaban J connectivity index is 2.86. The molecule has 0 N–H and O–H groups in total. The van der Waals surface area contributed by atoms with Crippen molar-refractivity contribution in [1.29, 1.82) is 0 Å². The van der Waals surface area contributed by atoms with Crippen LogP contribution in [0, 0.1) is 11.8 Å². The minimum Gasteiger partial charge on any atom is -0.497 e. The van der Waals surface area contributed by atoms with Crippen LogP contribution in [0.2, 0.25) is 0 Å². The van der Waals surface area contributed by atoms with E-state index in [-0.39, 0.29) is 0 Å². The summed E-state index contributed by atoms with van der Waals surface area (Å²) in [6.45, 7) is 2.03. The van der Waals surface area contributed by atoms with Crippen LogP contribution < -0.4 is 4.74 Å². The largest absolute Gasteiger partial charge is 0.497 e. The van der Waals surface area contributed by atoms with Gasteiger partial charge in [0.15, 0.2) is 0 Å². The molecule has 1 nitrogen and oxygen atoms in total. The van der Waals surface area contributed by atoms with Crippen LogP contribution in [0.1, 0.15) is 18.9 Å². The van der Waals surface area contributed by atoms with Crippen molar-refractivity contribution in [2.75, 3.05) is 7.11 Å². The highest BCUT2D eigenvalue weighted by atomic mass is 16.5. The van der Waals surface area contributed by atoms with Gasteiger partial charge in [-0.1, -0.05) is 24.8 Å². The highest BCUT2D eigenvalue weighted by molar-refractivity contribution is 5.39. The lowest BCUT2D eigenvalue weighted by molar-refractivity contribution is 0.414. The Morgan fingerprint density at radius 3 is 2.92 bits per heavy atom. The van der Waals surface area contributed by atoms with Crippen molar-refractivity contribution in [1.82, 2.24) is 0 Å². The number of benzene rings is 1. The van der Waals surface area contributed by atoms with Gasteiger partial charge in [-0.3, -0.25) is 0 Å². The molecule has 0 spiro atoms. The van der Waals surface area contributed by atoms with Crippen LogP contribution in [-0.2, 0) is 0 Å². The third kappa shape index (κ3) is 2.32. The third-order valence-corrected chi connectivity index (χ3v) is 1.48. The standard InChI is InChI=1S/C11H12O/c1-3-4-6-10-7-5-8-11(9-10)12-2/h5,7-9H,3H2,1-2H3. The van der Waals surface area contributed by atoms with E-state index in [0.717, 1.165) is 17.7 Å². The van der Waals surface area contributed by atoms with E-state index in [0.29, 0.717) is 0 Å². The first-order valence-electron chi connectivity index (χ1n) is 3.99. The molecule has 0 aliphatic heterocycles. The quantitative estimate of drug-likeness (QED) is 0.573. The molecule has 0 amide bonds. The summed E-state index contributed by atoms with van der Waals surface area (Å²) in [4.78, 5) is 0. The first-order valence-corrected chi connectivity index (χ1v) is 3.99. The maximum absolute atomic E-state index is 5.07. The maximum Gasteiger partial charge on any atom is 0.120 e. The van der Waals surface area contributed by atoms with Gasteiger partial charge in [-0.15, -0.1) is 0 Å². The molecular formula is C11H12O. The summed E-state index contributed by atoms with van der Waals surface area (Å²) in [7, 11) is 1.66. The van der Waals surface area contributed by atoms with Gasteiger partial charge in [-0.25, -0.2) is 0 Å². The predicted molar refractivity (Wildman–Crippen MR) is 50.2 cm³/mol. The van der Waals surface area contributed by atoms with Crippen LogP contribution in [0.25, 0.3) is 0 Å². The molecule has 62 valence electrons. The first-order chi connectivity index (χ1) is 5.86. The second-order valence-electron chi connectivity index (χ2n) is 2.39. The highest BCUT2D eigenvalue weighted by Gasteiger charge is 1.89. The van der Waals surface area contributed by atoms with Gasteiger partial charge in [-0.05, 0) is 18.2 Å². The van der Waals surface area contributed by atoms with Crippen molar-refractivity contribution in [3.05, 3.63) is 29.8 Å². The van der Waals surface area contributed by atoms with Crippen molar-refractivity contribution >= 4 is 0 Å². The van der Waals surface area contributed by atoms with E-state index in [9.17, 15) is 0 Å². The maximum atomic E-state index is 5.07. The molecule has 0 saturated heterocycles. The zero-order valence-electron chi connectivity index (χ0n) is 7.42. The van der Waals surface area contributed by atoms with Gasteiger partial charge in [-0.2, -0.15) is 0 Å². The van der Waals surface area contributed by atoms with Gasteiger partial charge in [0, 0.05) is 12.0 Å². The van der Waals surface area contributed by atoms with Gasteiger partial charge in [0.2, 0.25) is 0 Å². The van der Waals surface area contributed by atoms with E-state index in [1.807, 2.05) is 31.2 Å². The predicted octanol–water partition coefficient (Wildman–Crippen LogP) is 2.46. The first kappa shape index (κ1) is 8.67. The van der Waals surface area contributed by atoms with Gasteiger partial charge in [0.1, 0.15) is 5.75 Å². The average molecular weight is 160 g/mol. The average Bonchev–Trinajstić information content (AvgIpc) is 2.15. The lowest BCUT2D eigenvalue weighted by atomic mass is 10.2. The van der Waals surface area contributed by atoms with E-state index in [1.165, 1.54) is 0 Å². The molecule has 0 heterocycles. The lowest BCUT2D eigenvalue weighted by Crippen LogP contribution is -1.82. The van der Waals surface area contributed by atoms with Gasteiger partial charge < -0.3 is 4.74 Å². The molecule has 1 heteroatoms.